The summed E-state index contributed by atoms with van der Waals surface area (Å²) in [5, 5.41) is 56.1. The molecule has 0 bridgehead atoms. The van der Waals surface area contributed by atoms with E-state index < -0.39 is 52.0 Å². The van der Waals surface area contributed by atoms with Gasteiger partial charge in [-0.05, 0) is 57.5 Å². The second kappa shape index (κ2) is 9.16. The lowest BCUT2D eigenvalue weighted by atomic mass is 9.61. The van der Waals surface area contributed by atoms with Crippen LogP contribution in [0, 0.1) is 0 Å². The Hall–Kier alpha value is -3.68. The molecule has 220 valence electrons. The summed E-state index contributed by atoms with van der Waals surface area (Å²) >= 11 is 0. The molecule has 3 aromatic rings. The Bertz CT molecular complexity index is 1600. The van der Waals surface area contributed by atoms with Crippen LogP contribution in [-0.4, -0.2) is 74.4 Å². The number of carbonyl (C=O) groups is 1. The maximum absolute atomic E-state index is 13.6. The Morgan fingerprint density at radius 1 is 0.927 bits per heavy atom. The SMILES string of the molecule is C[C@@]1(Oc2ccc3c(=O)c(-c4ccc5c(c4)OCCO5)c(C(=O)[O-])oc3c2)O[C@@](C)(CO)[C@@](C)(O)[C@](C)(O)[C@@]1(C)O. The van der Waals surface area contributed by atoms with Crippen LogP contribution >= 0.6 is 0 Å². The fraction of sp³-hybridized carbons (Fsp3) is 0.448. The van der Waals surface area contributed by atoms with E-state index in [-0.39, 0.29) is 27.8 Å². The summed E-state index contributed by atoms with van der Waals surface area (Å²) in [6.07, 6.45) is 0. The molecule has 3 heterocycles. The number of aliphatic hydroxyl groups excluding tert-OH is 1. The second-order valence-electron chi connectivity index (χ2n) is 11.2. The van der Waals surface area contributed by atoms with Gasteiger partial charge in [0.05, 0.1) is 17.6 Å². The van der Waals surface area contributed by atoms with Crippen LogP contribution in [-0.2, 0) is 4.74 Å². The Morgan fingerprint density at radius 2 is 1.59 bits per heavy atom. The maximum Gasteiger partial charge on any atom is 0.240 e. The molecule has 41 heavy (non-hydrogen) atoms. The van der Waals surface area contributed by atoms with Crippen molar-refractivity contribution in [3.63, 3.8) is 0 Å². The number of carboxylic acid groups (broad SMARTS) is 1. The predicted octanol–water partition coefficient (Wildman–Crippen LogP) is 0.724. The van der Waals surface area contributed by atoms with E-state index in [1.165, 1.54) is 65.0 Å². The molecule has 1 saturated heterocycles. The molecule has 0 aliphatic carbocycles. The molecule has 2 aliphatic heterocycles. The molecule has 12 heteroatoms. The van der Waals surface area contributed by atoms with Crippen molar-refractivity contribution in [2.24, 2.45) is 0 Å². The first-order chi connectivity index (χ1) is 19.0. The lowest BCUT2D eigenvalue weighted by Gasteiger charge is -2.64. The third-order valence-electron chi connectivity index (χ3n) is 8.72. The van der Waals surface area contributed by atoms with Crippen molar-refractivity contribution in [1.29, 1.82) is 0 Å². The number of rotatable bonds is 5. The first kappa shape index (κ1) is 28.8. The van der Waals surface area contributed by atoms with Crippen LogP contribution in [0.25, 0.3) is 22.1 Å². The lowest BCUT2D eigenvalue weighted by molar-refractivity contribution is -0.441. The normalized spacial score (nSPS) is 33.0. The van der Waals surface area contributed by atoms with Crippen molar-refractivity contribution in [3.05, 3.63) is 52.4 Å². The third-order valence-corrected chi connectivity index (χ3v) is 8.72. The highest BCUT2D eigenvalue weighted by Gasteiger charge is 2.75. The number of aromatic carboxylic acids is 1. The fourth-order valence-electron chi connectivity index (χ4n) is 5.43. The van der Waals surface area contributed by atoms with Gasteiger partial charge < -0.3 is 53.7 Å². The zero-order valence-electron chi connectivity index (χ0n) is 23.1. The topological polar surface area (TPSA) is 188 Å². The van der Waals surface area contributed by atoms with Crippen LogP contribution in [0.2, 0.25) is 0 Å². The quantitative estimate of drug-likeness (QED) is 0.337. The number of carbonyl (C=O) groups excluding carboxylic acids is 1. The first-order valence-corrected chi connectivity index (χ1v) is 12.9. The van der Waals surface area contributed by atoms with E-state index in [4.69, 9.17) is 23.4 Å². The highest BCUT2D eigenvalue weighted by atomic mass is 16.7. The van der Waals surface area contributed by atoms with E-state index in [0.717, 1.165) is 0 Å². The number of carboxylic acids is 1. The van der Waals surface area contributed by atoms with Crippen molar-refractivity contribution in [3.8, 4) is 28.4 Å². The second-order valence-corrected chi connectivity index (χ2v) is 11.2. The molecule has 1 fully saturated rings. The standard InChI is InChI=1S/C29H32O12/c1-25(14-30)26(2,34)27(3,35)28(4,36)29(5,41-25)40-16-7-8-17-19(13-16)39-23(24(32)33)21(22(17)31)15-6-9-18-20(12-15)38-11-10-37-18/h6-9,12-13,30,34-36H,10-11,14H2,1-5H3,(H,32,33)/p-1/t25-,26+,27-,28+,29+/m0/s1. The summed E-state index contributed by atoms with van der Waals surface area (Å²) in [6.45, 7) is 6.18. The molecule has 12 nitrogen and oxygen atoms in total. The molecular weight excluding hydrogens is 540 g/mol. The van der Waals surface area contributed by atoms with E-state index in [2.05, 4.69) is 0 Å². The van der Waals surface area contributed by atoms with Gasteiger partial charge in [-0.3, -0.25) is 4.79 Å². The number of aliphatic hydroxyl groups is 4. The van der Waals surface area contributed by atoms with Gasteiger partial charge >= 0.3 is 0 Å². The summed E-state index contributed by atoms with van der Waals surface area (Å²) in [5.74, 6) is -3.78. The Balaban J connectivity index is 1.60. The van der Waals surface area contributed by atoms with Crippen molar-refractivity contribution < 1.29 is 53.7 Å². The number of fused-ring (bicyclic) bond motifs is 2. The first-order valence-electron chi connectivity index (χ1n) is 12.9. The van der Waals surface area contributed by atoms with E-state index in [0.29, 0.717) is 24.7 Å². The average Bonchev–Trinajstić information content (AvgIpc) is 2.91. The number of benzene rings is 2. The van der Waals surface area contributed by atoms with E-state index >= 15 is 0 Å². The maximum atomic E-state index is 13.6. The Labute approximate surface area is 234 Å². The largest absolute Gasteiger partial charge is 0.542 e. The minimum atomic E-state index is -2.27. The van der Waals surface area contributed by atoms with Crippen LogP contribution < -0.4 is 24.7 Å². The van der Waals surface area contributed by atoms with Crippen molar-refractivity contribution in [2.45, 2.75) is 62.8 Å². The molecule has 2 aliphatic rings. The molecule has 1 aromatic heterocycles. The molecule has 0 radical (unpaired) electrons. The molecule has 0 unspecified atom stereocenters. The number of hydrogen-bond donors (Lipinski definition) is 4. The van der Waals surface area contributed by atoms with Crippen molar-refractivity contribution >= 4 is 16.9 Å². The van der Waals surface area contributed by atoms with Crippen LogP contribution in [0.5, 0.6) is 17.2 Å². The summed E-state index contributed by atoms with van der Waals surface area (Å²) in [7, 11) is 0. The van der Waals surface area contributed by atoms with Gasteiger partial charge in [0.2, 0.25) is 11.2 Å². The number of ether oxygens (including phenoxy) is 4. The summed E-state index contributed by atoms with van der Waals surface area (Å²) in [4.78, 5) is 25.6. The molecule has 4 N–H and O–H groups in total. The molecule has 2 aromatic carbocycles. The lowest BCUT2D eigenvalue weighted by Crippen LogP contribution is -2.85. The van der Waals surface area contributed by atoms with Crippen molar-refractivity contribution in [2.75, 3.05) is 19.8 Å². The molecular formula is C29H31O12-. The summed E-state index contributed by atoms with van der Waals surface area (Å²) in [5.41, 5.74) is -9.32. The van der Waals surface area contributed by atoms with Gasteiger partial charge in [0.25, 0.3) is 0 Å². The smallest absolute Gasteiger partial charge is 0.240 e. The zero-order chi connectivity index (χ0) is 30.2. The monoisotopic (exact) mass is 571 g/mol. The molecule has 5 atom stereocenters. The van der Waals surface area contributed by atoms with E-state index in [9.17, 15) is 35.1 Å². The highest BCUT2D eigenvalue weighted by molar-refractivity contribution is 5.96. The van der Waals surface area contributed by atoms with Gasteiger partial charge in [-0.2, -0.15) is 0 Å². The van der Waals surface area contributed by atoms with E-state index in [1.54, 1.807) is 6.07 Å². The van der Waals surface area contributed by atoms with Crippen LogP contribution in [0.1, 0.15) is 45.2 Å². The fourth-order valence-corrected chi connectivity index (χ4v) is 5.43. The Morgan fingerprint density at radius 3 is 2.22 bits per heavy atom. The molecule has 0 amide bonds. The zero-order valence-corrected chi connectivity index (χ0v) is 23.1. The van der Waals surface area contributed by atoms with Gasteiger partial charge in [-0.25, -0.2) is 0 Å². The number of hydrogen-bond acceptors (Lipinski definition) is 12. The van der Waals surface area contributed by atoms with Crippen LogP contribution in [0.4, 0.5) is 0 Å². The minimum absolute atomic E-state index is 0.0174. The molecule has 5 rings (SSSR count). The summed E-state index contributed by atoms with van der Waals surface area (Å²) in [6, 6.07) is 8.49. The van der Waals surface area contributed by atoms with Crippen molar-refractivity contribution in [1.82, 2.24) is 0 Å². The van der Waals surface area contributed by atoms with Gasteiger partial charge in [-0.15, -0.1) is 0 Å². The van der Waals surface area contributed by atoms with Gasteiger partial charge in [0.1, 0.15) is 47.3 Å². The Kier molecular flexibility index (Phi) is 6.44. The predicted molar refractivity (Wildman–Crippen MR) is 141 cm³/mol. The summed E-state index contributed by atoms with van der Waals surface area (Å²) < 4.78 is 28.6. The molecule has 0 spiro atoms. The average molecular weight is 572 g/mol. The molecule has 0 saturated carbocycles. The highest BCUT2D eigenvalue weighted by Crippen LogP contribution is 2.53. The van der Waals surface area contributed by atoms with Crippen LogP contribution in [0.15, 0.2) is 45.6 Å². The van der Waals surface area contributed by atoms with Gasteiger partial charge in [0.15, 0.2) is 22.9 Å². The third kappa shape index (κ3) is 4.01. The van der Waals surface area contributed by atoms with E-state index in [1.807, 2.05) is 0 Å². The van der Waals surface area contributed by atoms with Gasteiger partial charge in [-0.1, -0.05) is 6.07 Å². The van der Waals surface area contributed by atoms with Crippen LogP contribution in [0.3, 0.4) is 0 Å². The minimum Gasteiger partial charge on any atom is -0.542 e. The van der Waals surface area contributed by atoms with Gasteiger partial charge in [0, 0.05) is 13.0 Å².